The van der Waals surface area contributed by atoms with E-state index in [2.05, 4.69) is 10.2 Å². The standard InChI is InChI=1S/C17H26N2O4/c1-21-15-5-2-3-6-16(15)23-12-7-17(20)18-8-4-9-19-10-13-22-14-11-19/h2-3,5-6H,4,7-14H2,1H3,(H,18,20). The van der Waals surface area contributed by atoms with Crippen molar-refractivity contribution in [3.8, 4) is 11.5 Å². The molecule has 0 unspecified atom stereocenters. The number of morpholine rings is 1. The monoisotopic (exact) mass is 322 g/mol. The molecule has 0 aliphatic carbocycles. The van der Waals surface area contributed by atoms with Crippen molar-refractivity contribution in [3.63, 3.8) is 0 Å². The summed E-state index contributed by atoms with van der Waals surface area (Å²) in [5, 5.41) is 2.93. The van der Waals surface area contributed by atoms with Crippen LogP contribution in [0.5, 0.6) is 11.5 Å². The third-order valence-corrected chi connectivity index (χ3v) is 3.73. The number of ether oxygens (including phenoxy) is 3. The molecule has 1 aromatic carbocycles. The zero-order chi connectivity index (χ0) is 16.3. The van der Waals surface area contributed by atoms with E-state index in [0.29, 0.717) is 31.1 Å². The fourth-order valence-corrected chi connectivity index (χ4v) is 2.44. The maximum atomic E-state index is 11.8. The van der Waals surface area contributed by atoms with E-state index < -0.39 is 0 Å². The summed E-state index contributed by atoms with van der Waals surface area (Å²) in [7, 11) is 1.60. The van der Waals surface area contributed by atoms with Crippen molar-refractivity contribution in [2.75, 3.05) is 53.1 Å². The van der Waals surface area contributed by atoms with E-state index in [1.807, 2.05) is 24.3 Å². The Labute approximate surface area is 137 Å². The zero-order valence-corrected chi connectivity index (χ0v) is 13.8. The molecule has 1 aliphatic heterocycles. The van der Waals surface area contributed by atoms with E-state index in [9.17, 15) is 4.79 Å². The molecular formula is C17H26N2O4. The molecule has 6 nitrogen and oxygen atoms in total. The largest absolute Gasteiger partial charge is 0.493 e. The Morgan fingerprint density at radius 2 is 2.00 bits per heavy atom. The predicted molar refractivity (Wildman–Crippen MR) is 88.0 cm³/mol. The summed E-state index contributed by atoms with van der Waals surface area (Å²) in [5.74, 6) is 1.36. The number of hydrogen-bond acceptors (Lipinski definition) is 5. The highest BCUT2D eigenvalue weighted by Gasteiger charge is 2.09. The van der Waals surface area contributed by atoms with Crippen LogP contribution < -0.4 is 14.8 Å². The fourth-order valence-electron chi connectivity index (χ4n) is 2.44. The second kappa shape index (κ2) is 10.1. The minimum Gasteiger partial charge on any atom is -0.493 e. The zero-order valence-electron chi connectivity index (χ0n) is 13.8. The smallest absolute Gasteiger partial charge is 0.223 e. The van der Waals surface area contributed by atoms with Crippen molar-refractivity contribution in [2.45, 2.75) is 12.8 Å². The van der Waals surface area contributed by atoms with Crippen LogP contribution in [0.2, 0.25) is 0 Å². The van der Waals surface area contributed by atoms with Gasteiger partial charge in [-0.2, -0.15) is 0 Å². The molecule has 1 fully saturated rings. The van der Waals surface area contributed by atoms with Crippen LogP contribution in [0.4, 0.5) is 0 Å². The highest BCUT2D eigenvalue weighted by Crippen LogP contribution is 2.25. The molecule has 2 rings (SSSR count). The van der Waals surface area contributed by atoms with Crippen LogP contribution in [0, 0.1) is 0 Å². The summed E-state index contributed by atoms with van der Waals surface area (Å²) in [6, 6.07) is 7.43. The van der Waals surface area contributed by atoms with Crippen molar-refractivity contribution in [3.05, 3.63) is 24.3 Å². The lowest BCUT2D eigenvalue weighted by Crippen LogP contribution is -2.38. The van der Waals surface area contributed by atoms with Crippen LogP contribution >= 0.6 is 0 Å². The van der Waals surface area contributed by atoms with Gasteiger partial charge in [-0.15, -0.1) is 0 Å². The molecule has 0 atom stereocenters. The van der Waals surface area contributed by atoms with Gasteiger partial charge in [0.15, 0.2) is 11.5 Å². The third-order valence-electron chi connectivity index (χ3n) is 3.73. The van der Waals surface area contributed by atoms with Gasteiger partial charge in [-0.3, -0.25) is 9.69 Å². The van der Waals surface area contributed by atoms with Gasteiger partial charge in [-0.1, -0.05) is 12.1 Å². The average Bonchev–Trinajstić information content (AvgIpc) is 2.60. The molecule has 128 valence electrons. The van der Waals surface area contributed by atoms with Gasteiger partial charge in [0.25, 0.3) is 0 Å². The summed E-state index contributed by atoms with van der Waals surface area (Å²) in [5.41, 5.74) is 0. The molecule has 0 radical (unpaired) electrons. The molecule has 0 saturated carbocycles. The van der Waals surface area contributed by atoms with E-state index >= 15 is 0 Å². The molecule has 23 heavy (non-hydrogen) atoms. The highest BCUT2D eigenvalue weighted by molar-refractivity contribution is 5.75. The van der Waals surface area contributed by atoms with Gasteiger partial charge in [0.2, 0.25) is 5.91 Å². The summed E-state index contributed by atoms with van der Waals surface area (Å²) in [6.07, 6.45) is 1.30. The first-order valence-corrected chi connectivity index (χ1v) is 8.12. The van der Waals surface area contributed by atoms with E-state index in [1.165, 1.54) is 0 Å². The first kappa shape index (κ1) is 17.6. The SMILES string of the molecule is COc1ccccc1OCCC(=O)NCCCN1CCOCC1. The average molecular weight is 322 g/mol. The minimum atomic E-state index is 0.0156. The number of carbonyl (C=O) groups is 1. The second-order valence-electron chi connectivity index (χ2n) is 5.41. The fraction of sp³-hybridized carbons (Fsp3) is 0.588. The van der Waals surface area contributed by atoms with Crippen LogP contribution in [0.15, 0.2) is 24.3 Å². The lowest BCUT2D eigenvalue weighted by atomic mass is 10.3. The topological polar surface area (TPSA) is 60.0 Å². The Kier molecular flexibility index (Phi) is 7.69. The molecule has 1 aromatic rings. The van der Waals surface area contributed by atoms with Crippen LogP contribution in [0.1, 0.15) is 12.8 Å². The van der Waals surface area contributed by atoms with Gasteiger partial charge in [-0.25, -0.2) is 0 Å². The Hall–Kier alpha value is -1.79. The maximum Gasteiger partial charge on any atom is 0.223 e. The van der Waals surface area contributed by atoms with Crippen LogP contribution in [-0.4, -0.2) is 63.9 Å². The van der Waals surface area contributed by atoms with Crippen molar-refractivity contribution >= 4 is 5.91 Å². The van der Waals surface area contributed by atoms with Crippen molar-refractivity contribution < 1.29 is 19.0 Å². The van der Waals surface area contributed by atoms with E-state index in [0.717, 1.165) is 39.3 Å². The molecule has 6 heteroatoms. The van der Waals surface area contributed by atoms with E-state index in [-0.39, 0.29) is 5.91 Å². The highest BCUT2D eigenvalue weighted by atomic mass is 16.5. The van der Waals surface area contributed by atoms with Gasteiger partial charge < -0.3 is 19.5 Å². The number of nitrogens with one attached hydrogen (secondary N) is 1. The molecule has 0 bridgehead atoms. The van der Waals surface area contributed by atoms with Gasteiger partial charge in [0.1, 0.15) is 0 Å². The van der Waals surface area contributed by atoms with Gasteiger partial charge >= 0.3 is 0 Å². The second-order valence-corrected chi connectivity index (χ2v) is 5.41. The molecule has 0 aromatic heterocycles. The van der Waals surface area contributed by atoms with Crippen LogP contribution in [0.25, 0.3) is 0 Å². The van der Waals surface area contributed by atoms with Crippen molar-refractivity contribution in [1.29, 1.82) is 0 Å². The molecule has 1 saturated heterocycles. The number of rotatable bonds is 9. The predicted octanol–water partition coefficient (Wildman–Crippen LogP) is 1.30. The van der Waals surface area contributed by atoms with E-state index in [4.69, 9.17) is 14.2 Å². The normalized spacial score (nSPS) is 15.2. The summed E-state index contributed by atoms with van der Waals surface area (Å²) in [6.45, 7) is 5.64. The minimum absolute atomic E-state index is 0.0156. The molecule has 1 N–H and O–H groups in total. The molecule has 1 aliphatic rings. The van der Waals surface area contributed by atoms with Crippen LogP contribution in [0.3, 0.4) is 0 Å². The lowest BCUT2D eigenvalue weighted by Gasteiger charge is -2.26. The number of benzene rings is 1. The number of nitrogens with zero attached hydrogens (tertiary/aromatic N) is 1. The van der Waals surface area contributed by atoms with Gasteiger partial charge in [0, 0.05) is 19.6 Å². The van der Waals surface area contributed by atoms with E-state index in [1.54, 1.807) is 7.11 Å². The van der Waals surface area contributed by atoms with Gasteiger partial charge in [-0.05, 0) is 25.1 Å². The number of amides is 1. The Morgan fingerprint density at radius 3 is 2.74 bits per heavy atom. The van der Waals surface area contributed by atoms with Gasteiger partial charge in [0.05, 0.1) is 33.4 Å². The molecule has 1 heterocycles. The Morgan fingerprint density at radius 1 is 1.26 bits per heavy atom. The lowest BCUT2D eigenvalue weighted by molar-refractivity contribution is -0.121. The first-order valence-electron chi connectivity index (χ1n) is 8.12. The number of carbonyl (C=O) groups excluding carboxylic acids is 1. The number of methoxy groups -OCH3 is 1. The number of hydrogen-bond donors (Lipinski definition) is 1. The summed E-state index contributed by atoms with van der Waals surface area (Å²) < 4.78 is 16.1. The molecule has 1 amide bonds. The van der Waals surface area contributed by atoms with Crippen LogP contribution in [-0.2, 0) is 9.53 Å². The summed E-state index contributed by atoms with van der Waals surface area (Å²) in [4.78, 5) is 14.1. The molecular weight excluding hydrogens is 296 g/mol. The first-order chi connectivity index (χ1) is 11.3. The third kappa shape index (κ3) is 6.46. The Bertz CT molecular complexity index is 475. The number of para-hydroxylation sites is 2. The quantitative estimate of drug-likeness (QED) is 0.695. The Balaban J connectivity index is 1.54. The maximum absolute atomic E-state index is 11.8. The molecule has 0 spiro atoms. The summed E-state index contributed by atoms with van der Waals surface area (Å²) >= 11 is 0. The van der Waals surface area contributed by atoms with Crippen molar-refractivity contribution in [2.24, 2.45) is 0 Å². The van der Waals surface area contributed by atoms with Crippen molar-refractivity contribution in [1.82, 2.24) is 10.2 Å².